The van der Waals surface area contributed by atoms with Gasteiger partial charge in [-0.05, 0) is 58.3 Å². The van der Waals surface area contributed by atoms with Crippen LogP contribution < -0.4 is 5.32 Å². The first-order valence-electron chi connectivity index (χ1n) is 6.99. The molecule has 1 N–H and O–H groups in total. The van der Waals surface area contributed by atoms with Crippen LogP contribution >= 0.6 is 0 Å². The molecule has 4 nitrogen and oxygen atoms in total. The molecule has 0 amide bonds. The summed E-state index contributed by atoms with van der Waals surface area (Å²) in [6.45, 7) is 4.29. The van der Waals surface area contributed by atoms with Crippen LogP contribution in [0.2, 0.25) is 0 Å². The molecule has 3 rings (SSSR count). The van der Waals surface area contributed by atoms with Crippen molar-refractivity contribution in [2.45, 2.75) is 38.3 Å². The molecule has 0 bridgehead atoms. The highest BCUT2D eigenvalue weighted by Gasteiger charge is 2.42. The van der Waals surface area contributed by atoms with E-state index in [0.717, 1.165) is 18.4 Å². The minimum Gasteiger partial charge on any atom is -0.319 e. The van der Waals surface area contributed by atoms with Gasteiger partial charge >= 0.3 is 0 Å². The molecular weight excluding hydrogens is 224 g/mol. The van der Waals surface area contributed by atoms with Crippen LogP contribution in [0.15, 0.2) is 12.3 Å². The van der Waals surface area contributed by atoms with Gasteiger partial charge in [0, 0.05) is 12.2 Å². The van der Waals surface area contributed by atoms with Crippen LogP contribution in [0.1, 0.15) is 36.8 Å². The van der Waals surface area contributed by atoms with Crippen LogP contribution in [0, 0.1) is 12.8 Å². The van der Waals surface area contributed by atoms with E-state index in [4.69, 9.17) is 0 Å². The maximum Gasteiger partial charge on any atom is 0.125 e. The van der Waals surface area contributed by atoms with E-state index in [1.54, 1.807) is 0 Å². The Morgan fingerprint density at radius 2 is 2.22 bits per heavy atom. The van der Waals surface area contributed by atoms with Crippen LogP contribution in [0.3, 0.4) is 0 Å². The van der Waals surface area contributed by atoms with Gasteiger partial charge in [0.2, 0.25) is 0 Å². The number of nitrogens with one attached hydrogen (secondary N) is 1. The first-order chi connectivity index (χ1) is 8.79. The van der Waals surface area contributed by atoms with E-state index in [0.29, 0.717) is 12.0 Å². The number of aryl methyl sites for hydroxylation is 1. The lowest BCUT2D eigenvalue weighted by atomic mass is 9.97. The van der Waals surface area contributed by atoms with Crippen LogP contribution in [0.25, 0.3) is 0 Å². The number of aromatic nitrogens is 2. The molecule has 2 aliphatic rings. The second-order valence-electron chi connectivity index (χ2n) is 5.55. The summed E-state index contributed by atoms with van der Waals surface area (Å²) in [5.41, 5.74) is 1.21. The normalized spacial score (nSPS) is 28.8. The molecule has 0 radical (unpaired) electrons. The Hall–Kier alpha value is -1.00. The van der Waals surface area contributed by atoms with Crippen molar-refractivity contribution in [3.8, 4) is 0 Å². The Balaban J connectivity index is 1.87. The standard InChI is InChI=1S/C14H22N4/c1-10-16-7-5-13(17-10)14-11(9-15-2)6-8-18(14)12-3-4-12/h5,7,11-12,14-15H,3-4,6,8-9H2,1-2H3. The van der Waals surface area contributed by atoms with Gasteiger partial charge in [0.25, 0.3) is 0 Å². The van der Waals surface area contributed by atoms with Crippen molar-refractivity contribution in [1.82, 2.24) is 20.2 Å². The third-order valence-corrected chi connectivity index (χ3v) is 4.14. The monoisotopic (exact) mass is 246 g/mol. The van der Waals surface area contributed by atoms with Gasteiger partial charge in [-0.2, -0.15) is 0 Å². The third kappa shape index (κ3) is 2.27. The van der Waals surface area contributed by atoms with E-state index >= 15 is 0 Å². The molecule has 4 heteroatoms. The van der Waals surface area contributed by atoms with E-state index in [9.17, 15) is 0 Å². The maximum atomic E-state index is 4.67. The smallest absolute Gasteiger partial charge is 0.125 e. The zero-order valence-corrected chi connectivity index (χ0v) is 11.3. The first-order valence-corrected chi connectivity index (χ1v) is 6.99. The van der Waals surface area contributed by atoms with Crippen molar-refractivity contribution in [1.29, 1.82) is 0 Å². The van der Waals surface area contributed by atoms with E-state index in [-0.39, 0.29) is 0 Å². The first kappa shape index (κ1) is 12.1. The van der Waals surface area contributed by atoms with Gasteiger partial charge in [0.05, 0.1) is 11.7 Å². The van der Waals surface area contributed by atoms with Gasteiger partial charge in [-0.1, -0.05) is 0 Å². The second-order valence-corrected chi connectivity index (χ2v) is 5.55. The van der Waals surface area contributed by atoms with Crippen molar-refractivity contribution in [2.24, 2.45) is 5.92 Å². The van der Waals surface area contributed by atoms with E-state index < -0.39 is 0 Å². The molecule has 2 fully saturated rings. The van der Waals surface area contributed by atoms with Crippen LogP contribution in [-0.4, -0.2) is 41.0 Å². The van der Waals surface area contributed by atoms with Gasteiger partial charge < -0.3 is 5.32 Å². The highest BCUT2D eigenvalue weighted by atomic mass is 15.2. The van der Waals surface area contributed by atoms with Crippen molar-refractivity contribution in [2.75, 3.05) is 20.1 Å². The predicted molar refractivity (Wildman–Crippen MR) is 71.3 cm³/mol. The van der Waals surface area contributed by atoms with Crippen LogP contribution in [0.5, 0.6) is 0 Å². The fraction of sp³-hybridized carbons (Fsp3) is 0.714. The predicted octanol–water partition coefficient (Wildman–Crippen LogP) is 1.53. The number of nitrogens with zero attached hydrogens (tertiary/aromatic N) is 3. The molecule has 1 saturated carbocycles. The highest BCUT2D eigenvalue weighted by Crippen LogP contribution is 2.43. The molecule has 0 spiro atoms. The number of hydrogen-bond acceptors (Lipinski definition) is 4. The molecule has 98 valence electrons. The molecule has 1 saturated heterocycles. The Morgan fingerprint density at radius 1 is 1.39 bits per heavy atom. The minimum absolute atomic E-state index is 0.492. The second kappa shape index (κ2) is 4.94. The molecule has 0 aromatic carbocycles. The van der Waals surface area contributed by atoms with E-state index in [1.807, 2.05) is 20.2 Å². The molecule has 1 aromatic heterocycles. The zero-order chi connectivity index (χ0) is 12.5. The number of rotatable bonds is 4. The zero-order valence-electron chi connectivity index (χ0n) is 11.3. The summed E-state index contributed by atoms with van der Waals surface area (Å²) in [6, 6.07) is 3.40. The SMILES string of the molecule is CNCC1CCN(C2CC2)C1c1ccnc(C)n1. The van der Waals surface area contributed by atoms with Crippen molar-refractivity contribution in [3.63, 3.8) is 0 Å². The molecule has 1 aromatic rings. The summed E-state index contributed by atoms with van der Waals surface area (Å²) in [4.78, 5) is 11.6. The lowest BCUT2D eigenvalue weighted by Gasteiger charge is -2.27. The maximum absolute atomic E-state index is 4.67. The van der Waals surface area contributed by atoms with Crippen molar-refractivity contribution >= 4 is 0 Å². The van der Waals surface area contributed by atoms with Gasteiger partial charge in [-0.15, -0.1) is 0 Å². The topological polar surface area (TPSA) is 41.0 Å². The summed E-state index contributed by atoms with van der Waals surface area (Å²) < 4.78 is 0. The average molecular weight is 246 g/mol. The summed E-state index contributed by atoms with van der Waals surface area (Å²) >= 11 is 0. The molecule has 1 aliphatic heterocycles. The largest absolute Gasteiger partial charge is 0.319 e. The van der Waals surface area contributed by atoms with E-state index in [2.05, 4.69) is 26.3 Å². The molecular formula is C14H22N4. The number of hydrogen-bond donors (Lipinski definition) is 1. The Labute approximate surface area is 109 Å². The Kier molecular flexibility index (Phi) is 3.31. The van der Waals surface area contributed by atoms with Crippen LogP contribution in [-0.2, 0) is 0 Å². The summed E-state index contributed by atoms with van der Waals surface area (Å²) in [6.07, 6.45) is 5.92. The third-order valence-electron chi connectivity index (χ3n) is 4.14. The molecule has 18 heavy (non-hydrogen) atoms. The fourth-order valence-corrected chi connectivity index (χ4v) is 3.22. The summed E-state index contributed by atoms with van der Waals surface area (Å²) in [7, 11) is 2.04. The van der Waals surface area contributed by atoms with E-state index in [1.165, 1.54) is 31.5 Å². The van der Waals surface area contributed by atoms with Gasteiger partial charge in [-0.25, -0.2) is 9.97 Å². The van der Waals surface area contributed by atoms with Crippen molar-refractivity contribution < 1.29 is 0 Å². The van der Waals surface area contributed by atoms with Gasteiger partial charge in [0.1, 0.15) is 5.82 Å². The lowest BCUT2D eigenvalue weighted by Crippen LogP contribution is -2.31. The lowest BCUT2D eigenvalue weighted by molar-refractivity contribution is 0.212. The Bertz CT molecular complexity index is 416. The summed E-state index contributed by atoms with van der Waals surface area (Å²) in [5, 5.41) is 3.33. The van der Waals surface area contributed by atoms with Gasteiger partial charge in [0.15, 0.2) is 0 Å². The quantitative estimate of drug-likeness (QED) is 0.875. The molecule has 2 unspecified atom stereocenters. The molecule has 1 aliphatic carbocycles. The number of likely N-dealkylation sites (tertiary alicyclic amines) is 1. The average Bonchev–Trinajstić information content (AvgIpc) is 3.12. The van der Waals surface area contributed by atoms with Crippen LogP contribution in [0.4, 0.5) is 0 Å². The highest BCUT2D eigenvalue weighted by molar-refractivity contribution is 5.13. The van der Waals surface area contributed by atoms with Gasteiger partial charge in [-0.3, -0.25) is 4.90 Å². The molecule has 2 heterocycles. The summed E-state index contributed by atoms with van der Waals surface area (Å²) in [5.74, 6) is 1.57. The van der Waals surface area contributed by atoms with Crippen molar-refractivity contribution in [3.05, 3.63) is 23.8 Å². The fourth-order valence-electron chi connectivity index (χ4n) is 3.22. The minimum atomic E-state index is 0.492. The molecule has 2 atom stereocenters. The Morgan fingerprint density at radius 3 is 2.89 bits per heavy atom.